The summed E-state index contributed by atoms with van der Waals surface area (Å²) in [5, 5.41) is 11.6. The number of hydrogen-bond acceptors (Lipinski definition) is 6. The summed E-state index contributed by atoms with van der Waals surface area (Å²) >= 11 is 0. The van der Waals surface area contributed by atoms with Crippen molar-refractivity contribution in [1.82, 2.24) is 4.90 Å². The molecular formula is C26H32NO6-. The van der Waals surface area contributed by atoms with Gasteiger partial charge in [0.15, 0.2) is 0 Å². The van der Waals surface area contributed by atoms with Crippen molar-refractivity contribution >= 4 is 12.4 Å². The van der Waals surface area contributed by atoms with Gasteiger partial charge in [0, 0.05) is 40.0 Å². The van der Waals surface area contributed by atoms with Gasteiger partial charge in [0.1, 0.15) is 23.0 Å². The van der Waals surface area contributed by atoms with E-state index < -0.39 is 16.9 Å². The first kappa shape index (κ1) is 24.4. The van der Waals surface area contributed by atoms with Crippen molar-refractivity contribution < 1.29 is 28.9 Å². The summed E-state index contributed by atoms with van der Waals surface area (Å²) in [6, 6.07) is 5.69. The number of benzene rings is 2. The SMILES string of the molecule is COc1ccc2c(c1CN(C=O)C(C)(C)C)Oc1c(CC(=O)[O-])c(OC)cc(C)c1C2(C)C. The van der Waals surface area contributed by atoms with Crippen molar-refractivity contribution in [3.8, 4) is 23.0 Å². The molecule has 1 heterocycles. The second-order valence-corrected chi connectivity index (χ2v) is 9.88. The molecular weight excluding hydrogens is 422 g/mol. The third-order valence-electron chi connectivity index (χ3n) is 6.34. The Bertz CT molecular complexity index is 1100. The first-order valence-corrected chi connectivity index (χ1v) is 10.9. The Hall–Kier alpha value is -3.22. The number of amides is 1. The molecule has 1 aliphatic rings. The molecule has 2 aromatic rings. The molecule has 0 saturated heterocycles. The topological polar surface area (TPSA) is 88.1 Å². The Morgan fingerprint density at radius 2 is 1.76 bits per heavy atom. The van der Waals surface area contributed by atoms with Gasteiger partial charge in [-0.15, -0.1) is 0 Å². The highest BCUT2D eigenvalue weighted by molar-refractivity contribution is 5.75. The van der Waals surface area contributed by atoms with E-state index >= 15 is 0 Å². The average Bonchev–Trinajstić information content (AvgIpc) is 2.71. The molecule has 0 radical (unpaired) electrons. The molecule has 1 amide bonds. The lowest BCUT2D eigenvalue weighted by Gasteiger charge is -2.39. The first-order valence-electron chi connectivity index (χ1n) is 10.9. The van der Waals surface area contributed by atoms with Crippen LogP contribution in [0.4, 0.5) is 0 Å². The van der Waals surface area contributed by atoms with Gasteiger partial charge in [0.2, 0.25) is 6.41 Å². The zero-order valence-electron chi connectivity index (χ0n) is 20.6. The van der Waals surface area contributed by atoms with Crippen LogP contribution in [0.1, 0.15) is 62.4 Å². The van der Waals surface area contributed by atoms with E-state index in [0.717, 1.165) is 28.7 Å². The minimum atomic E-state index is -1.22. The predicted molar refractivity (Wildman–Crippen MR) is 123 cm³/mol. The molecule has 33 heavy (non-hydrogen) atoms. The molecule has 0 atom stereocenters. The molecule has 0 bridgehead atoms. The molecule has 0 unspecified atom stereocenters. The predicted octanol–water partition coefficient (Wildman–Crippen LogP) is 3.49. The quantitative estimate of drug-likeness (QED) is 0.595. The molecule has 7 nitrogen and oxygen atoms in total. The summed E-state index contributed by atoms with van der Waals surface area (Å²) in [5.41, 5.74) is 2.97. The van der Waals surface area contributed by atoms with Gasteiger partial charge in [-0.3, -0.25) is 4.79 Å². The normalized spacial score (nSPS) is 13.9. The lowest BCUT2D eigenvalue weighted by atomic mass is 9.72. The van der Waals surface area contributed by atoms with Crippen molar-refractivity contribution in [2.24, 2.45) is 0 Å². The maximum Gasteiger partial charge on any atom is 0.210 e. The maximum atomic E-state index is 11.9. The van der Waals surface area contributed by atoms with Crippen LogP contribution in [0.2, 0.25) is 0 Å². The zero-order valence-corrected chi connectivity index (χ0v) is 20.6. The van der Waals surface area contributed by atoms with E-state index in [4.69, 9.17) is 14.2 Å². The Morgan fingerprint density at radius 3 is 2.27 bits per heavy atom. The summed E-state index contributed by atoms with van der Waals surface area (Å²) in [6.45, 7) is 12.2. The van der Waals surface area contributed by atoms with Crippen molar-refractivity contribution in [2.75, 3.05) is 14.2 Å². The number of aryl methyl sites for hydroxylation is 1. The van der Waals surface area contributed by atoms with Gasteiger partial charge in [0.25, 0.3) is 0 Å². The largest absolute Gasteiger partial charge is 0.550 e. The molecule has 7 heteroatoms. The highest BCUT2D eigenvalue weighted by Crippen LogP contribution is 2.54. The number of carbonyl (C=O) groups excluding carboxylic acids is 2. The van der Waals surface area contributed by atoms with Crippen molar-refractivity contribution in [3.63, 3.8) is 0 Å². The standard InChI is InChI=1S/C26H33NO6/c1-15-11-20(32-8)16(12-21(29)30)24-22(15)26(5,6)18-9-10-19(31-7)17(23(18)33-24)13-27(14-28)25(2,3)4/h9-11,14H,12-13H2,1-8H3,(H,29,30)/p-1. The number of fused-ring (bicyclic) bond motifs is 2. The number of carbonyl (C=O) groups is 2. The molecule has 0 spiro atoms. The van der Waals surface area contributed by atoms with Crippen LogP contribution < -0.4 is 19.3 Å². The number of rotatable bonds is 7. The van der Waals surface area contributed by atoms with E-state index in [2.05, 4.69) is 13.8 Å². The van der Waals surface area contributed by atoms with E-state index in [9.17, 15) is 14.7 Å². The van der Waals surface area contributed by atoms with Crippen LogP contribution in [0.25, 0.3) is 0 Å². The van der Waals surface area contributed by atoms with E-state index in [1.54, 1.807) is 12.0 Å². The number of methoxy groups -OCH3 is 2. The van der Waals surface area contributed by atoms with Gasteiger partial charge < -0.3 is 29.0 Å². The molecule has 0 aliphatic carbocycles. The number of carboxylic acid groups (broad SMARTS) is 1. The van der Waals surface area contributed by atoms with E-state index in [0.29, 0.717) is 28.6 Å². The summed E-state index contributed by atoms with van der Waals surface area (Å²) in [6.07, 6.45) is 0.467. The van der Waals surface area contributed by atoms with Crippen molar-refractivity contribution in [2.45, 2.75) is 65.5 Å². The summed E-state index contributed by atoms with van der Waals surface area (Å²) in [7, 11) is 3.08. The van der Waals surface area contributed by atoms with Gasteiger partial charge in [-0.1, -0.05) is 19.9 Å². The highest BCUT2D eigenvalue weighted by atomic mass is 16.5. The summed E-state index contributed by atoms with van der Waals surface area (Å²) < 4.78 is 17.6. The molecule has 0 N–H and O–H groups in total. The average molecular weight is 455 g/mol. The van der Waals surface area contributed by atoms with Crippen LogP contribution in [0.5, 0.6) is 23.0 Å². The van der Waals surface area contributed by atoms with Gasteiger partial charge >= 0.3 is 0 Å². The molecule has 1 aliphatic heterocycles. The maximum absolute atomic E-state index is 11.9. The lowest BCUT2D eigenvalue weighted by molar-refractivity contribution is -0.304. The minimum Gasteiger partial charge on any atom is -0.550 e. The Kier molecular flexibility index (Phi) is 6.37. The number of nitrogens with zero attached hydrogens (tertiary/aromatic N) is 1. The Labute approximate surface area is 195 Å². The third-order valence-corrected chi connectivity index (χ3v) is 6.34. The number of carboxylic acids is 1. The first-order chi connectivity index (χ1) is 15.4. The van der Waals surface area contributed by atoms with E-state index in [1.807, 2.05) is 45.9 Å². The number of aliphatic carboxylic acids is 1. The van der Waals surface area contributed by atoms with Gasteiger partial charge in [0.05, 0.1) is 26.3 Å². The minimum absolute atomic E-state index is 0.267. The monoisotopic (exact) mass is 454 g/mol. The molecule has 2 aromatic carbocycles. The van der Waals surface area contributed by atoms with Crippen LogP contribution in [-0.2, 0) is 28.0 Å². The second kappa shape index (κ2) is 8.61. The van der Waals surface area contributed by atoms with Crippen molar-refractivity contribution in [1.29, 1.82) is 0 Å². The van der Waals surface area contributed by atoms with Crippen LogP contribution in [-0.4, -0.2) is 37.0 Å². The van der Waals surface area contributed by atoms with Crippen molar-refractivity contribution in [3.05, 3.63) is 46.0 Å². The Balaban J connectivity index is 2.32. The fourth-order valence-electron chi connectivity index (χ4n) is 4.58. The van der Waals surface area contributed by atoms with E-state index in [1.165, 1.54) is 7.11 Å². The van der Waals surface area contributed by atoms with Crippen LogP contribution in [0.15, 0.2) is 18.2 Å². The second-order valence-electron chi connectivity index (χ2n) is 9.88. The lowest BCUT2D eigenvalue weighted by Crippen LogP contribution is -2.40. The van der Waals surface area contributed by atoms with Gasteiger partial charge in [-0.2, -0.15) is 0 Å². The summed E-state index contributed by atoms with van der Waals surface area (Å²) in [4.78, 5) is 25.2. The van der Waals surface area contributed by atoms with E-state index in [-0.39, 0.29) is 13.0 Å². The fraction of sp³-hybridized carbons (Fsp3) is 0.462. The molecule has 0 aromatic heterocycles. The number of hydrogen-bond donors (Lipinski definition) is 0. The third kappa shape index (κ3) is 4.24. The van der Waals surface area contributed by atoms with Crippen LogP contribution >= 0.6 is 0 Å². The Morgan fingerprint density at radius 1 is 1.12 bits per heavy atom. The molecule has 178 valence electrons. The smallest absolute Gasteiger partial charge is 0.210 e. The zero-order chi connectivity index (χ0) is 24.7. The summed E-state index contributed by atoms with van der Waals surface area (Å²) in [5.74, 6) is 0.817. The molecule has 0 saturated carbocycles. The van der Waals surface area contributed by atoms with Crippen LogP contribution in [0.3, 0.4) is 0 Å². The van der Waals surface area contributed by atoms with Crippen LogP contribution in [0, 0.1) is 6.92 Å². The van der Waals surface area contributed by atoms with Gasteiger partial charge in [-0.05, 0) is 45.4 Å². The number of ether oxygens (including phenoxy) is 3. The molecule has 3 rings (SSSR count). The molecule has 0 fully saturated rings. The fourth-order valence-corrected chi connectivity index (χ4v) is 4.58. The van der Waals surface area contributed by atoms with Gasteiger partial charge in [-0.25, -0.2) is 0 Å². The highest BCUT2D eigenvalue weighted by Gasteiger charge is 2.40.